The highest BCUT2D eigenvalue weighted by molar-refractivity contribution is 7.62. The van der Waals surface area contributed by atoms with Crippen LogP contribution in [0.1, 0.15) is 33.6 Å². The zero-order valence-electron chi connectivity index (χ0n) is 15.3. The van der Waals surface area contributed by atoms with Crippen LogP contribution in [0.3, 0.4) is 0 Å². The molecule has 0 amide bonds. The Labute approximate surface area is 149 Å². The van der Waals surface area contributed by atoms with E-state index in [0.717, 1.165) is 18.5 Å². The summed E-state index contributed by atoms with van der Waals surface area (Å²) in [6, 6.07) is 9.77. The van der Waals surface area contributed by atoms with Crippen molar-refractivity contribution >= 4 is 19.2 Å². The Bertz CT molecular complexity index is 749. The molecule has 1 aliphatic heterocycles. The summed E-state index contributed by atoms with van der Waals surface area (Å²) in [6.07, 6.45) is 1.87. The molecule has 0 spiro atoms. The third kappa shape index (κ3) is 2.12. The molecule has 2 saturated carbocycles. The summed E-state index contributed by atoms with van der Waals surface area (Å²) in [4.78, 5) is 12.0. The smallest absolute Gasteiger partial charge is 0.317 e. The van der Waals surface area contributed by atoms with Crippen LogP contribution in [0.15, 0.2) is 30.3 Å². The van der Waals surface area contributed by atoms with Crippen LogP contribution in [0.2, 0.25) is 0 Å². The molecule has 3 fully saturated rings. The number of carbonyl (C=O) groups excluding carboxylic acids is 1. The molecule has 0 N–H and O–H groups in total. The molecule has 1 saturated heterocycles. The highest BCUT2D eigenvalue weighted by atomic mass is 31.2. The van der Waals surface area contributed by atoms with Gasteiger partial charge in [0.05, 0.1) is 19.3 Å². The third-order valence-corrected chi connectivity index (χ3v) is 9.56. The summed E-state index contributed by atoms with van der Waals surface area (Å²) in [5, 5.41) is 0. The van der Waals surface area contributed by atoms with Crippen molar-refractivity contribution in [2.24, 2.45) is 16.7 Å². The maximum absolute atomic E-state index is 13.8. The van der Waals surface area contributed by atoms with Gasteiger partial charge < -0.3 is 9.26 Å². The number of esters is 1. The molecule has 1 aromatic carbocycles. The van der Waals surface area contributed by atoms with Crippen molar-refractivity contribution < 1.29 is 18.6 Å². The van der Waals surface area contributed by atoms with Gasteiger partial charge in [0.15, 0.2) is 0 Å². The van der Waals surface area contributed by atoms with E-state index in [1.165, 1.54) is 7.11 Å². The van der Waals surface area contributed by atoms with Crippen molar-refractivity contribution in [1.29, 1.82) is 0 Å². The zero-order chi connectivity index (χ0) is 18.0. The van der Waals surface area contributed by atoms with Crippen LogP contribution in [-0.2, 0) is 18.6 Å². The Hall–Kier alpha value is -1.32. The first-order chi connectivity index (χ1) is 11.7. The summed E-state index contributed by atoms with van der Waals surface area (Å²) >= 11 is 0. The van der Waals surface area contributed by atoms with Crippen molar-refractivity contribution in [3.63, 3.8) is 0 Å². The Kier molecular flexibility index (Phi) is 3.66. The van der Waals surface area contributed by atoms with Crippen LogP contribution >= 0.6 is 7.52 Å². The minimum absolute atomic E-state index is 0.0301. The van der Waals surface area contributed by atoms with Crippen molar-refractivity contribution in [3.8, 4) is 0 Å². The molecule has 0 radical (unpaired) electrons. The molecule has 1 heterocycles. The largest absolute Gasteiger partial charge is 0.469 e. The summed E-state index contributed by atoms with van der Waals surface area (Å²) in [7, 11) is -2.00. The second-order valence-electron chi connectivity index (χ2n) is 8.35. The molecule has 5 nitrogen and oxygen atoms in total. The first-order valence-corrected chi connectivity index (χ1v) is 10.7. The summed E-state index contributed by atoms with van der Waals surface area (Å²) in [5.74, 6) is -0.0859. The van der Waals surface area contributed by atoms with Gasteiger partial charge in [-0.3, -0.25) is 14.0 Å². The van der Waals surface area contributed by atoms with Crippen molar-refractivity contribution in [3.05, 3.63) is 30.3 Å². The lowest BCUT2D eigenvalue weighted by Crippen LogP contribution is -2.42. The van der Waals surface area contributed by atoms with Crippen molar-refractivity contribution in [1.82, 2.24) is 0 Å². The van der Waals surface area contributed by atoms with Gasteiger partial charge in [0.25, 0.3) is 0 Å². The molecule has 2 bridgehead atoms. The molecule has 5 atom stereocenters. The van der Waals surface area contributed by atoms with E-state index in [-0.39, 0.29) is 29.1 Å². The summed E-state index contributed by atoms with van der Waals surface area (Å²) < 4.78 is 26.8. The van der Waals surface area contributed by atoms with Crippen LogP contribution in [0.4, 0.5) is 5.69 Å². The van der Waals surface area contributed by atoms with E-state index in [9.17, 15) is 9.36 Å². The SMILES string of the molecule is COC(=O)C[P@]1(=O)O[C@H]2[C@H]([C@H]3CC[C@]2(C)C3(C)C)N1c1ccccc1. The van der Waals surface area contributed by atoms with E-state index in [1.807, 2.05) is 35.0 Å². The summed E-state index contributed by atoms with van der Waals surface area (Å²) in [6.45, 7) is 6.87. The average Bonchev–Trinajstić information content (AvgIpc) is 3.06. The lowest BCUT2D eigenvalue weighted by atomic mass is 9.70. The molecule has 4 rings (SSSR count). The van der Waals surface area contributed by atoms with Crippen LogP contribution in [0, 0.1) is 16.7 Å². The number of nitrogens with zero attached hydrogens (tertiary/aromatic N) is 1. The van der Waals surface area contributed by atoms with E-state index in [4.69, 9.17) is 9.26 Å². The predicted octanol–water partition coefficient (Wildman–Crippen LogP) is 4.08. The third-order valence-electron chi connectivity index (χ3n) is 7.19. The number of fused-ring (bicyclic) bond motifs is 5. The van der Waals surface area contributed by atoms with E-state index in [2.05, 4.69) is 20.8 Å². The molecule has 3 aliphatic rings. The normalized spacial score (nSPS) is 41.0. The van der Waals surface area contributed by atoms with Crippen LogP contribution in [0.5, 0.6) is 0 Å². The highest BCUT2D eigenvalue weighted by Crippen LogP contribution is 2.76. The number of hydrogen-bond acceptors (Lipinski definition) is 4. The van der Waals surface area contributed by atoms with Gasteiger partial charge >= 0.3 is 13.5 Å². The van der Waals surface area contributed by atoms with E-state index >= 15 is 0 Å². The maximum atomic E-state index is 13.8. The molecule has 6 heteroatoms. The van der Waals surface area contributed by atoms with Crippen molar-refractivity contribution in [2.75, 3.05) is 17.9 Å². The number of methoxy groups -OCH3 is 1. The quantitative estimate of drug-likeness (QED) is 0.598. The lowest BCUT2D eigenvalue weighted by Gasteiger charge is -2.38. The monoisotopic (exact) mass is 363 g/mol. The molecule has 2 aliphatic carbocycles. The van der Waals surface area contributed by atoms with Gasteiger partial charge in [-0.05, 0) is 36.3 Å². The number of para-hydroxylation sites is 1. The first-order valence-electron chi connectivity index (χ1n) is 8.94. The van der Waals surface area contributed by atoms with Gasteiger partial charge in [-0.1, -0.05) is 39.0 Å². The summed E-state index contributed by atoms with van der Waals surface area (Å²) in [5.41, 5.74) is 0.956. The van der Waals surface area contributed by atoms with E-state index in [1.54, 1.807) is 0 Å². The van der Waals surface area contributed by atoms with Crippen LogP contribution in [0.25, 0.3) is 0 Å². The fourth-order valence-corrected chi connectivity index (χ4v) is 8.10. The second kappa shape index (κ2) is 5.34. The Morgan fingerprint density at radius 2 is 2.00 bits per heavy atom. The van der Waals surface area contributed by atoms with Gasteiger partial charge in [0.2, 0.25) is 0 Å². The fraction of sp³-hybridized carbons (Fsp3) is 0.632. The van der Waals surface area contributed by atoms with Gasteiger partial charge in [-0.2, -0.15) is 0 Å². The maximum Gasteiger partial charge on any atom is 0.317 e. The molecule has 136 valence electrons. The minimum atomic E-state index is -3.33. The number of anilines is 1. The van der Waals surface area contributed by atoms with E-state index in [0.29, 0.717) is 5.92 Å². The highest BCUT2D eigenvalue weighted by Gasteiger charge is 2.73. The molecule has 0 aromatic heterocycles. The Morgan fingerprint density at radius 1 is 1.32 bits per heavy atom. The molecule has 25 heavy (non-hydrogen) atoms. The van der Waals surface area contributed by atoms with Crippen LogP contribution < -0.4 is 4.67 Å². The minimum Gasteiger partial charge on any atom is -0.469 e. The van der Waals surface area contributed by atoms with Gasteiger partial charge in [0.1, 0.15) is 6.16 Å². The molecular weight excluding hydrogens is 337 g/mol. The van der Waals surface area contributed by atoms with Gasteiger partial charge in [-0.25, -0.2) is 0 Å². The van der Waals surface area contributed by atoms with E-state index < -0.39 is 13.5 Å². The standard InChI is InChI=1S/C19H26NO4P/c1-18(2)14-10-11-19(18,3)17-16(14)20(13-8-6-5-7-9-13)25(22,24-17)12-15(21)23-4/h5-9,14,16-17H,10-12H2,1-4H3/t14-,16+,17+,19+,25+/m1/s1. The number of ether oxygens (including phenoxy) is 1. The fourth-order valence-electron chi connectivity index (χ4n) is 5.44. The first kappa shape index (κ1) is 17.1. The second-order valence-corrected chi connectivity index (χ2v) is 10.6. The average molecular weight is 363 g/mol. The van der Waals surface area contributed by atoms with Crippen LogP contribution in [-0.4, -0.2) is 31.4 Å². The molecule has 0 unspecified atom stereocenters. The Morgan fingerprint density at radius 3 is 2.64 bits per heavy atom. The topological polar surface area (TPSA) is 55.8 Å². The number of hydrogen-bond donors (Lipinski definition) is 0. The predicted molar refractivity (Wildman–Crippen MR) is 96.7 cm³/mol. The number of carbonyl (C=O) groups is 1. The molecular formula is C19H26NO4P. The number of rotatable bonds is 3. The zero-order valence-corrected chi connectivity index (χ0v) is 16.2. The lowest BCUT2D eigenvalue weighted by molar-refractivity contribution is -0.137. The Balaban J connectivity index is 1.82. The van der Waals surface area contributed by atoms with Gasteiger partial charge in [-0.15, -0.1) is 0 Å². The van der Waals surface area contributed by atoms with Crippen molar-refractivity contribution in [2.45, 2.75) is 45.8 Å². The molecule has 1 aromatic rings. The van der Waals surface area contributed by atoms with Gasteiger partial charge in [0, 0.05) is 11.1 Å². The number of benzene rings is 1.